The first-order valence-electron chi connectivity index (χ1n) is 4.51. The molecule has 1 atom stereocenters. The Labute approximate surface area is 87.5 Å². The summed E-state index contributed by atoms with van der Waals surface area (Å²) in [4.78, 5) is 8.01. The van der Waals surface area contributed by atoms with E-state index in [1.807, 2.05) is 0 Å². The van der Waals surface area contributed by atoms with E-state index in [0.717, 1.165) is 0 Å². The summed E-state index contributed by atoms with van der Waals surface area (Å²) in [5, 5.41) is 0. The summed E-state index contributed by atoms with van der Waals surface area (Å²) >= 11 is 7.47. The van der Waals surface area contributed by atoms with Crippen molar-refractivity contribution in [2.45, 2.75) is 25.8 Å². The van der Waals surface area contributed by atoms with Crippen molar-refractivity contribution in [1.29, 1.82) is 0 Å². The Hall–Kier alpha value is -0.120. The van der Waals surface area contributed by atoms with E-state index >= 15 is 0 Å². The van der Waals surface area contributed by atoms with Gasteiger partial charge >= 0.3 is 0 Å². The molecule has 1 saturated heterocycles. The molecule has 0 saturated carbocycles. The first kappa shape index (κ1) is 9.44. The Kier molecular flexibility index (Phi) is 2.58. The van der Waals surface area contributed by atoms with Crippen LogP contribution in [-0.2, 0) is 0 Å². The third kappa shape index (κ3) is 1.73. The fraction of sp³-hybridized carbons (Fsp3) is 0.667. The Morgan fingerprint density at radius 3 is 2.85 bits per heavy atom. The van der Waals surface area contributed by atoms with Crippen molar-refractivity contribution >= 4 is 22.9 Å². The zero-order chi connectivity index (χ0) is 9.42. The van der Waals surface area contributed by atoms with Gasteiger partial charge in [0.15, 0.2) is 4.47 Å². The summed E-state index contributed by atoms with van der Waals surface area (Å²) in [6.45, 7) is 3.28. The lowest BCUT2D eigenvalue weighted by atomic mass is 10.1. The number of hydrogen-bond acceptors (Lipinski definition) is 3. The average molecular weight is 217 g/mol. The average Bonchev–Trinajstić information content (AvgIpc) is 2.58. The van der Waals surface area contributed by atoms with Crippen LogP contribution in [0.5, 0.6) is 0 Å². The molecule has 0 amide bonds. The van der Waals surface area contributed by atoms with Gasteiger partial charge in [0.1, 0.15) is 0 Å². The SMILES string of the molecule is Cc1sc(Cl)nc1C1CCCN1C. The number of halogens is 1. The molecule has 0 radical (unpaired) electrons. The van der Waals surface area contributed by atoms with E-state index in [9.17, 15) is 0 Å². The number of aryl methyl sites for hydroxylation is 1. The van der Waals surface area contributed by atoms with E-state index in [0.29, 0.717) is 10.5 Å². The first-order chi connectivity index (χ1) is 6.18. The quantitative estimate of drug-likeness (QED) is 0.718. The second kappa shape index (κ2) is 3.56. The topological polar surface area (TPSA) is 16.1 Å². The highest BCUT2D eigenvalue weighted by atomic mass is 35.5. The molecule has 1 aliphatic heterocycles. The summed E-state index contributed by atoms with van der Waals surface area (Å²) in [5.74, 6) is 0. The van der Waals surface area contributed by atoms with Crippen LogP contribution in [0, 0.1) is 6.92 Å². The van der Waals surface area contributed by atoms with E-state index in [2.05, 4.69) is 23.9 Å². The molecule has 2 nitrogen and oxygen atoms in total. The minimum atomic E-state index is 0.503. The third-order valence-corrected chi connectivity index (χ3v) is 3.73. The van der Waals surface area contributed by atoms with Gasteiger partial charge in [-0.2, -0.15) is 0 Å². The maximum absolute atomic E-state index is 5.88. The minimum Gasteiger partial charge on any atom is -0.298 e. The normalized spacial score (nSPS) is 24.1. The molecule has 13 heavy (non-hydrogen) atoms. The molecule has 1 aromatic heterocycles. The van der Waals surface area contributed by atoms with Gasteiger partial charge in [0.2, 0.25) is 0 Å². The van der Waals surface area contributed by atoms with E-state index in [-0.39, 0.29) is 0 Å². The predicted octanol–water partition coefficient (Wildman–Crippen LogP) is 2.87. The number of hydrogen-bond donors (Lipinski definition) is 0. The largest absolute Gasteiger partial charge is 0.298 e. The molecule has 2 rings (SSSR count). The number of nitrogens with zero attached hydrogens (tertiary/aromatic N) is 2. The molecule has 1 unspecified atom stereocenters. The summed E-state index contributed by atoms with van der Waals surface area (Å²) in [6, 6.07) is 0.503. The highest BCUT2D eigenvalue weighted by Gasteiger charge is 2.26. The van der Waals surface area contributed by atoms with Crippen molar-refractivity contribution in [1.82, 2.24) is 9.88 Å². The van der Waals surface area contributed by atoms with Gasteiger partial charge in [-0.1, -0.05) is 11.6 Å². The number of rotatable bonds is 1. The Morgan fingerprint density at radius 1 is 1.62 bits per heavy atom. The predicted molar refractivity (Wildman–Crippen MR) is 56.5 cm³/mol. The molecular weight excluding hydrogens is 204 g/mol. The molecule has 72 valence electrons. The van der Waals surface area contributed by atoms with Crippen molar-refractivity contribution in [3.05, 3.63) is 15.0 Å². The van der Waals surface area contributed by atoms with Crippen LogP contribution in [0.1, 0.15) is 29.5 Å². The molecular formula is C9H13ClN2S. The summed E-state index contributed by atoms with van der Waals surface area (Å²) in [6.07, 6.45) is 2.49. The number of likely N-dealkylation sites (tertiary alicyclic amines) is 1. The summed E-state index contributed by atoms with van der Waals surface area (Å²) in [7, 11) is 2.16. The molecule has 1 aromatic rings. The van der Waals surface area contributed by atoms with Crippen LogP contribution in [0.4, 0.5) is 0 Å². The van der Waals surface area contributed by atoms with Crippen LogP contribution in [0.3, 0.4) is 0 Å². The van der Waals surface area contributed by atoms with Gasteiger partial charge in [-0.25, -0.2) is 4.98 Å². The maximum atomic E-state index is 5.88. The molecule has 4 heteroatoms. The van der Waals surface area contributed by atoms with E-state index in [4.69, 9.17) is 11.6 Å². The van der Waals surface area contributed by atoms with Crippen LogP contribution in [-0.4, -0.2) is 23.5 Å². The van der Waals surface area contributed by atoms with Gasteiger partial charge < -0.3 is 0 Å². The molecule has 0 spiro atoms. The van der Waals surface area contributed by atoms with E-state index in [1.165, 1.54) is 30.0 Å². The van der Waals surface area contributed by atoms with Gasteiger partial charge in [-0.15, -0.1) is 11.3 Å². The fourth-order valence-corrected chi connectivity index (χ4v) is 3.06. The monoisotopic (exact) mass is 216 g/mol. The zero-order valence-electron chi connectivity index (χ0n) is 7.88. The highest BCUT2D eigenvalue weighted by molar-refractivity contribution is 7.15. The number of aromatic nitrogens is 1. The number of thiazole rings is 1. The van der Waals surface area contributed by atoms with Crippen LogP contribution >= 0.6 is 22.9 Å². The third-order valence-electron chi connectivity index (χ3n) is 2.64. The highest BCUT2D eigenvalue weighted by Crippen LogP contribution is 2.34. The smallest absolute Gasteiger partial charge is 0.184 e. The van der Waals surface area contributed by atoms with Crippen LogP contribution in [0.15, 0.2) is 0 Å². The van der Waals surface area contributed by atoms with Gasteiger partial charge in [0.05, 0.1) is 11.7 Å². The molecule has 0 aliphatic carbocycles. The summed E-state index contributed by atoms with van der Waals surface area (Å²) in [5.41, 5.74) is 1.19. The van der Waals surface area contributed by atoms with Gasteiger partial charge in [-0.05, 0) is 33.4 Å². The molecule has 0 N–H and O–H groups in total. The van der Waals surface area contributed by atoms with Crippen molar-refractivity contribution in [2.24, 2.45) is 0 Å². The maximum Gasteiger partial charge on any atom is 0.184 e. The lowest BCUT2D eigenvalue weighted by molar-refractivity contribution is 0.312. The Morgan fingerprint density at radius 2 is 2.38 bits per heavy atom. The van der Waals surface area contributed by atoms with Crippen LogP contribution in [0.25, 0.3) is 0 Å². The van der Waals surface area contributed by atoms with Gasteiger partial charge in [-0.3, -0.25) is 4.90 Å². The molecule has 0 bridgehead atoms. The van der Waals surface area contributed by atoms with E-state index < -0.39 is 0 Å². The molecule has 1 aliphatic rings. The first-order valence-corrected chi connectivity index (χ1v) is 5.71. The van der Waals surface area contributed by atoms with Gasteiger partial charge in [0, 0.05) is 4.88 Å². The second-order valence-corrected chi connectivity index (χ2v) is 5.33. The summed E-state index contributed by atoms with van der Waals surface area (Å²) < 4.78 is 0.674. The minimum absolute atomic E-state index is 0.503. The molecule has 0 aromatic carbocycles. The van der Waals surface area contributed by atoms with Gasteiger partial charge in [0.25, 0.3) is 0 Å². The van der Waals surface area contributed by atoms with Crippen molar-refractivity contribution < 1.29 is 0 Å². The molecule has 1 fully saturated rings. The van der Waals surface area contributed by atoms with E-state index in [1.54, 1.807) is 11.3 Å². The van der Waals surface area contributed by atoms with Crippen molar-refractivity contribution in [3.63, 3.8) is 0 Å². The standard InChI is InChI=1S/C9H13ClN2S/c1-6-8(11-9(10)13-6)7-4-3-5-12(7)2/h7H,3-5H2,1-2H3. The fourth-order valence-electron chi connectivity index (χ4n) is 1.94. The van der Waals surface area contributed by atoms with Crippen LogP contribution < -0.4 is 0 Å². The van der Waals surface area contributed by atoms with Crippen molar-refractivity contribution in [2.75, 3.05) is 13.6 Å². The molecule has 2 heterocycles. The lowest BCUT2D eigenvalue weighted by Crippen LogP contribution is -2.18. The van der Waals surface area contributed by atoms with Crippen LogP contribution in [0.2, 0.25) is 4.47 Å². The Balaban J connectivity index is 2.28. The van der Waals surface area contributed by atoms with Crippen molar-refractivity contribution in [3.8, 4) is 0 Å². The second-order valence-electron chi connectivity index (χ2n) is 3.55. The lowest BCUT2D eigenvalue weighted by Gasteiger charge is -2.17. The zero-order valence-corrected chi connectivity index (χ0v) is 9.45. The Bertz CT molecular complexity index is 311.